The molecule has 0 saturated heterocycles. The molecular formula is C11H8ClNO3. The van der Waals surface area contributed by atoms with Crippen molar-refractivity contribution in [3.63, 3.8) is 0 Å². The maximum atomic E-state index is 10.5. The monoisotopic (exact) mass is 237 g/mol. The van der Waals surface area contributed by atoms with Crippen LogP contribution in [0.2, 0.25) is 5.22 Å². The standard InChI is InChI=1S/C11H8ClNO3/c12-10-8(6-9(14)15)13-11(16-10)7-4-2-1-3-5-7/h1-5H,6H2,(H,14,15). The quantitative estimate of drug-likeness (QED) is 0.891. The van der Waals surface area contributed by atoms with Gasteiger partial charge in [-0.2, -0.15) is 0 Å². The van der Waals surface area contributed by atoms with Gasteiger partial charge in [0.2, 0.25) is 11.1 Å². The molecule has 1 heterocycles. The van der Waals surface area contributed by atoms with E-state index in [0.717, 1.165) is 5.56 Å². The fourth-order valence-corrected chi connectivity index (χ4v) is 1.47. The van der Waals surface area contributed by atoms with E-state index in [0.29, 0.717) is 5.89 Å². The minimum absolute atomic E-state index is 0.0289. The molecule has 16 heavy (non-hydrogen) atoms. The summed E-state index contributed by atoms with van der Waals surface area (Å²) in [6.07, 6.45) is -0.241. The number of carbonyl (C=O) groups is 1. The molecule has 0 saturated carbocycles. The SMILES string of the molecule is O=C(O)Cc1nc(-c2ccccc2)oc1Cl. The molecule has 82 valence electrons. The lowest BCUT2D eigenvalue weighted by molar-refractivity contribution is -0.136. The van der Waals surface area contributed by atoms with Crippen LogP contribution in [0.15, 0.2) is 34.7 Å². The van der Waals surface area contributed by atoms with Crippen LogP contribution in [0.3, 0.4) is 0 Å². The van der Waals surface area contributed by atoms with Gasteiger partial charge >= 0.3 is 5.97 Å². The molecule has 4 nitrogen and oxygen atoms in total. The molecule has 0 aliphatic carbocycles. The molecule has 2 aromatic rings. The van der Waals surface area contributed by atoms with Crippen LogP contribution >= 0.6 is 11.6 Å². The van der Waals surface area contributed by atoms with E-state index in [1.54, 1.807) is 0 Å². The van der Waals surface area contributed by atoms with Gasteiger partial charge in [0.15, 0.2) is 0 Å². The van der Waals surface area contributed by atoms with Crippen LogP contribution in [-0.4, -0.2) is 16.1 Å². The van der Waals surface area contributed by atoms with Crippen LogP contribution in [0.5, 0.6) is 0 Å². The van der Waals surface area contributed by atoms with E-state index in [-0.39, 0.29) is 17.3 Å². The zero-order chi connectivity index (χ0) is 11.5. The van der Waals surface area contributed by atoms with Gasteiger partial charge in [-0.1, -0.05) is 18.2 Å². The van der Waals surface area contributed by atoms with E-state index in [9.17, 15) is 4.79 Å². The molecule has 0 spiro atoms. The molecule has 1 N–H and O–H groups in total. The van der Waals surface area contributed by atoms with Crippen LogP contribution in [0, 0.1) is 0 Å². The molecule has 0 aliphatic rings. The Bertz CT molecular complexity index is 507. The van der Waals surface area contributed by atoms with Gasteiger partial charge in [-0.05, 0) is 23.7 Å². The zero-order valence-corrected chi connectivity index (χ0v) is 8.94. The molecule has 0 atom stereocenters. The Morgan fingerprint density at radius 2 is 2.06 bits per heavy atom. The molecule has 0 unspecified atom stereocenters. The van der Waals surface area contributed by atoms with Crippen LogP contribution in [-0.2, 0) is 11.2 Å². The zero-order valence-electron chi connectivity index (χ0n) is 8.18. The highest BCUT2D eigenvalue weighted by Crippen LogP contribution is 2.25. The van der Waals surface area contributed by atoms with Crippen molar-refractivity contribution in [2.24, 2.45) is 0 Å². The number of hydrogen-bond acceptors (Lipinski definition) is 3. The average molecular weight is 238 g/mol. The summed E-state index contributed by atoms with van der Waals surface area (Å²) in [7, 11) is 0. The molecule has 0 fully saturated rings. The van der Waals surface area contributed by atoms with Gasteiger partial charge in [-0.25, -0.2) is 4.98 Å². The van der Waals surface area contributed by atoms with Gasteiger partial charge in [-0.3, -0.25) is 4.79 Å². The number of nitrogens with zero attached hydrogens (tertiary/aromatic N) is 1. The number of benzene rings is 1. The van der Waals surface area contributed by atoms with Crippen molar-refractivity contribution in [1.82, 2.24) is 4.98 Å². The average Bonchev–Trinajstić information content (AvgIpc) is 2.61. The topological polar surface area (TPSA) is 63.3 Å². The first-order valence-corrected chi connectivity index (χ1v) is 4.97. The van der Waals surface area contributed by atoms with Gasteiger partial charge in [0.05, 0.1) is 6.42 Å². The summed E-state index contributed by atoms with van der Waals surface area (Å²) in [5.41, 5.74) is 1.01. The summed E-state index contributed by atoms with van der Waals surface area (Å²) >= 11 is 5.75. The molecule has 0 radical (unpaired) electrons. The lowest BCUT2D eigenvalue weighted by Crippen LogP contribution is -2.00. The molecule has 1 aromatic heterocycles. The maximum Gasteiger partial charge on any atom is 0.309 e. The Balaban J connectivity index is 2.34. The Kier molecular flexibility index (Phi) is 2.92. The number of hydrogen-bond donors (Lipinski definition) is 1. The number of carboxylic acid groups (broad SMARTS) is 1. The van der Waals surface area contributed by atoms with Crippen LogP contribution < -0.4 is 0 Å². The molecule has 0 amide bonds. The summed E-state index contributed by atoms with van der Waals surface area (Å²) in [5.74, 6) is -0.656. The Labute approximate surface area is 96.5 Å². The van der Waals surface area contributed by atoms with E-state index in [1.807, 2.05) is 30.3 Å². The molecular weight excluding hydrogens is 230 g/mol. The van der Waals surface area contributed by atoms with Gasteiger partial charge in [0.25, 0.3) is 0 Å². The Hall–Kier alpha value is -1.81. The highest BCUT2D eigenvalue weighted by molar-refractivity contribution is 6.29. The predicted molar refractivity (Wildman–Crippen MR) is 58.3 cm³/mol. The fraction of sp³-hybridized carbons (Fsp3) is 0.0909. The highest BCUT2D eigenvalue weighted by Gasteiger charge is 2.15. The first-order valence-electron chi connectivity index (χ1n) is 4.59. The second-order valence-corrected chi connectivity index (χ2v) is 3.52. The minimum Gasteiger partial charge on any atom is -0.481 e. The third-order valence-corrected chi connectivity index (χ3v) is 2.28. The Morgan fingerprint density at radius 1 is 1.38 bits per heavy atom. The largest absolute Gasteiger partial charge is 0.481 e. The number of halogens is 1. The van der Waals surface area contributed by atoms with Crippen molar-refractivity contribution < 1.29 is 14.3 Å². The highest BCUT2D eigenvalue weighted by atomic mass is 35.5. The number of oxazole rings is 1. The Morgan fingerprint density at radius 3 is 2.69 bits per heavy atom. The van der Waals surface area contributed by atoms with Crippen LogP contribution in [0.4, 0.5) is 0 Å². The van der Waals surface area contributed by atoms with Crippen molar-refractivity contribution in [3.8, 4) is 11.5 Å². The predicted octanol–water partition coefficient (Wildman–Crippen LogP) is 2.62. The number of aromatic nitrogens is 1. The molecule has 1 aromatic carbocycles. The van der Waals surface area contributed by atoms with Crippen LogP contribution in [0.25, 0.3) is 11.5 Å². The van der Waals surface area contributed by atoms with Crippen molar-refractivity contribution >= 4 is 17.6 Å². The van der Waals surface area contributed by atoms with E-state index in [1.165, 1.54) is 0 Å². The van der Waals surface area contributed by atoms with E-state index in [2.05, 4.69) is 4.98 Å². The summed E-state index contributed by atoms with van der Waals surface area (Å²) in [4.78, 5) is 14.6. The first-order chi connectivity index (χ1) is 7.66. The third kappa shape index (κ3) is 2.23. The normalized spacial score (nSPS) is 10.3. The van der Waals surface area contributed by atoms with Crippen molar-refractivity contribution in [1.29, 1.82) is 0 Å². The number of aliphatic carboxylic acids is 1. The van der Waals surface area contributed by atoms with Gasteiger partial charge < -0.3 is 9.52 Å². The van der Waals surface area contributed by atoms with Crippen molar-refractivity contribution in [3.05, 3.63) is 41.2 Å². The third-order valence-electron chi connectivity index (χ3n) is 1.99. The van der Waals surface area contributed by atoms with Gasteiger partial charge in [0, 0.05) is 5.56 Å². The van der Waals surface area contributed by atoms with Gasteiger partial charge in [-0.15, -0.1) is 0 Å². The minimum atomic E-state index is -0.991. The van der Waals surface area contributed by atoms with Crippen LogP contribution in [0.1, 0.15) is 5.69 Å². The number of rotatable bonds is 3. The number of carboxylic acids is 1. The fourth-order valence-electron chi connectivity index (χ4n) is 1.29. The molecule has 0 aliphatic heterocycles. The smallest absolute Gasteiger partial charge is 0.309 e. The maximum absolute atomic E-state index is 10.5. The molecule has 5 heteroatoms. The first kappa shape index (κ1) is 10.7. The molecule has 2 rings (SSSR count). The van der Waals surface area contributed by atoms with Gasteiger partial charge in [0.1, 0.15) is 5.69 Å². The van der Waals surface area contributed by atoms with Crippen molar-refractivity contribution in [2.75, 3.05) is 0 Å². The van der Waals surface area contributed by atoms with E-state index < -0.39 is 5.97 Å². The second kappa shape index (κ2) is 4.37. The summed E-state index contributed by atoms with van der Waals surface area (Å²) in [6.45, 7) is 0. The van der Waals surface area contributed by atoms with Crippen molar-refractivity contribution in [2.45, 2.75) is 6.42 Å². The summed E-state index contributed by atoms with van der Waals surface area (Å²) in [6, 6.07) is 9.17. The molecule has 0 bridgehead atoms. The summed E-state index contributed by atoms with van der Waals surface area (Å²) in [5, 5.41) is 8.66. The van der Waals surface area contributed by atoms with E-state index >= 15 is 0 Å². The second-order valence-electron chi connectivity index (χ2n) is 3.18. The van der Waals surface area contributed by atoms with E-state index in [4.69, 9.17) is 21.1 Å². The lowest BCUT2D eigenvalue weighted by atomic mass is 10.2. The lowest BCUT2D eigenvalue weighted by Gasteiger charge is -1.91. The summed E-state index contributed by atoms with van der Waals surface area (Å²) < 4.78 is 5.19.